The van der Waals surface area contributed by atoms with Gasteiger partial charge in [0.1, 0.15) is 18.9 Å². The summed E-state index contributed by atoms with van der Waals surface area (Å²) in [6, 6.07) is 7.64. The lowest BCUT2D eigenvalue weighted by Crippen LogP contribution is -2.45. The molecule has 1 aromatic rings. The van der Waals surface area contributed by atoms with Crippen LogP contribution in [0.2, 0.25) is 0 Å². The Hall–Kier alpha value is -2.08. The van der Waals surface area contributed by atoms with Crippen LogP contribution in [0.1, 0.15) is 5.56 Å². The molecule has 6 heteroatoms. The van der Waals surface area contributed by atoms with Crippen molar-refractivity contribution in [2.75, 3.05) is 40.3 Å². The summed E-state index contributed by atoms with van der Waals surface area (Å²) in [5.74, 6) is -0.663. The molecule has 1 amide bonds. The molecule has 0 unspecified atom stereocenters. The van der Waals surface area contributed by atoms with Crippen molar-refractivity contribution in [2.24, 2.45) is 5.92 Å². The first-order chi connectivity index (χ1) is 10.5. The van der Waals surface area contributed by atoms with Crippen molar-refractivity contribution in [3.05, 3.63) is 29.8 Å². The Bertz CT molecular complexity index is 545. The number of nitrogens with zero attached hydrogens (tertiary/aromatic N) is 2. The summed E-state index contributed by atoms with van der Waals surface area (Å²) in [7, 11) is 3.78. The molecule has 0 saturated heterocycles. The van der Waals surface area contributed by atoms with Gasteiger partial charge < -0.3 is 19.6 Å². The Kier molecular flexibility index (Phi) is 5.38. The lowest BCUT2D eigenvalue weighted by molar-refractivity contribution is -0.147. The average molecular weight is 306 g/mol. The summed E-state index contributed by atoms with van der Waals surface area (Å²) >= 11 is 0. The van der Waals surface area contributed by atoms with Gasteiger partial charge in [-0.2, -0.15) is 0 Å². The predicted octanol–water partition coefficient (Wildman–Crippen LogP) is 0.713. The largest absolute Gasteiger partial charge is 0.492 e. The first-order valence-electron chi connectivity index (χ1n) is 7.33. The number of aliphatic carboxylic acids is 1. The van der Waals surface area contributed by atoms with Crippen LogP contribution in [0.15, 0.2) is 24.3 Å². The van der Waals surface area contributed by atoms with Gasteiger partial charge in [-0.05, 0) is 32.1 Å². The maximum atomic E-state index is 12.6. The summed E-state index contributed by atoms with van der Waals surface area (Å²) in [4.78, 5) is 27.0. The van der Waals surface area contributed by atoms with Crippen LogP contribution >= 0.6 is 0 Å². The van der Waals surface area contributed by atoms with Gasteiger partial charge in [0, 0.05) is 13.1 Å². The van der Waals surface area contributed by atoms with Gasteiger partial charge in [0.2, 0.25) is 5.91 Å². The smallest absolute Gasteiger partial charge is 0.323 e. The fraction of sp³-hybridized carbons (Fsp3) is 0.500. The van der Waals surface area contributed by atoms with Gasteiger partial charge in [-0.25, -0.2) is 0 Å². The molecule has 1 aliphatic rings. The van der Waals surface area contributed by atoms with Gasteiger partial charge in [0.25, 0.3) is 0 Å². The second kappa shape index (κ2) is 7.26. The molecule has 0 radical (unpaired) electrons. The number of rotatable bonds is 6. The van der Waals surface area contributed by atoms with Gasteiger partial charge in [0.15, 0.2) is 0 Å². The minimum absolute atomic E-state index is 0.154. The van der Waals surface area contributed by atoms with Gasteiger partial charge >= 0.3 is 5.97 Å². The van der Waals surface area contributed by atoms with Crippen molar-refractivity contribution in [1.29, 1.82) is 0 Å². The molecule has 6 nitrogen and oxygen atoms in total. The van der Waals surface area contributed by atoms with Crippen molar-refractivity contribution < 1.29 is 19.4 Å². The third-order valence-electron chi connectivity index (χ3n) is 3.68. The topological polar surface area (TPSA) is 70.1 Å². The molecule has 1 heterocycles. The highest BCUT2D eigenvalue weighted by molar-refractivity contribution is 5.83. The number of carbonyl (C=O) groups is 2. The fourth-order valence-corrected chi connectivity index (χ4v) is 2.50. The number of likely N-dealkylation sites (N-methyl/N-ethyl adjacent to an activating group) is 1. The highest BCUT2D eigenvalue weighted by atomic mass is 16.5. The number of fused-ring (bicyclic) bond motifs is 1. The summed E-state index contributed by atoms with van der Waals surface area (Å²) in [5.41, 5.74) is 0.995. The molecule has 0 aliphatic carbocycles. The van der Waals surface area contributed by atoms with Crippen LogP contribution in [0.4, 0.5) is 0 Å². The van der Waals surface area contributed by atoms with Crippen molar-refractivity contribution in [1.82, 2.24) is 9.80 Å². The third kappa shape index (κ3) is 4.21. The van der Waals surface area contributed by atoms with E-state index >= 15 is 0 Å². The zero-order valence-corrected chi connectivity index (χ0v) is 13.0. The second-order valence-electron chi connectivity index (χ2n) is 5.78. The zero-order chi connectivity index (χ0) is 16.1. The highest BCUT2D eigenvalue weighted by Gasteiger charge is 2.30. The lowest BCUT2D eigenvalue weighted by Gasteiger charge is -2.30. The fourth-order valence-electron chi connectivity index (χ4n) is 2.50. The standard InChI is InChI=1S/C16H22N2O4/c1-17(2)7-8-18(10-15(19)20)16(21)13-9-12-5-3-4-6-14(12)22-11-13/h3-6,13H,7-11H2,1-2H3,(H,19,20)/t13-/m0/s1. The Balaban J connectivity index is 2.05. The number of hydrogen-bond acceptors (Lipinski definition) is 4. The van der Waals surface area contributed by atoms with Crippen molar-refractivity contribution in [3.8, 4) is 5.75 Å². The van der Waals surface area contributed by atoms with E-state index in [9.17, 15) is 9.59 Å². The molecule has 1 aromatic carbocycles. The van der Waals surface area contributed by atoms with Gasteiger partial charge in [-0.1, -0.05) is 18.2 Å². The van der Waals surface area contributed by atoms with E-state index in [1.54, 1.807) is 0 Å². The van der Waals surface area contributed by atoms with E-state index in [0.717, 1.165) is 11.3 Å². The van der Waals surface area contributed by atoms with E-state index in [2.05, 4.69) is 0 Å². The lowest BCUT2D eigenvalue weighted by atomic mass is 9.95. The van der Waals surface area contributed by atoms with Crippen LogP contribution in [0, 0.1) is 5.92 Å². The maximum absolute atomic E-state index is 12.6. The molecule has 22 heavy (non-hydrogen) atoms. The van der Waals surface area contributed by atoms with Crippen LogP contribution in [-0.2, 0) is 16.0 Å². The highest BCUT2D eigenvalue weighted by Crippen LogP contribution is 2.27. The molecule has 1 aliphatic heterocycles. The Morgan fingerprint density at radius 1 is 1.27 bits per heavy atom. The minimum Gasteiger partial charge on any atom is -0.492 e. The minimum atomic E-state index is -0.996. The molecular formula is C16H22N2O4. The van der Waals surface area contributed by atoms with Crippen molar-refractivity contribution in [2.45, 2.75) is 6.42 Å². The number of benzene rings is 1. The Morgan fingerprint density at radius 3 is 2.68 bits per heavy atom. The van der Waals surface area contributed by atoms with E-state index in [1.165, 1.54) is 4.90 Å². The SMILES string of the molecule is CN(C)CCN(CC(=O)O)C(=O)[C@@H]1COc2ccccc2C1. The van der Waals surface area contributed by atoms with Crippen molar-refractivity contribution >= 4 is 11.9 Å². The summed E-state index contributed by atoms with van der Waals surface area (Å²) in [6.07, 6.45) is 0.590. The molecule has 0 saturated carbocycles. The monoisotopic (exact) mass is 306 g/mol. The number of amides is 1. The number of carboxylic acid groups (broad SMARTS) is 1. The number of para-hydroxylation sites is 1. The zero-order valence-electron chi connectivity index (χ0n) is 13.0. The quantitative estimate of drug-likeness (QED) is 0.838. The summed E-state index contributed by atoms with van der Waals surface area (Å²) < 4.78 is 5.63. The predicted molar refractivity (Wildman–Crippen MR) is 81.9 cm³/mol. The number of hydrogen-bond donors (Lipinski definition) is 1. The number of ether oxygens (including phenoxy) is 1. The van der Waals surface area contributed by atoms with Gasteiger partial charge in [0.05, 0.1) is 5.92 Å². The molecule has 2 rings (SSSR count). The van der Waals surface area contributed by atoms with E-state index in [4.69, 9.17) is 9.84 Å². The Morgan fingerprint density at radius 2 is 2.00 bits per heavy atom. The van der Waals surface area contributed by atoms with Crippen LogP contribution in [0.5, 0.6) is 5.75 Å². The number of carboxylic acids is 1. The molecule has 1 N–H and O–H groups in total. The summed E-state index contributed by atoms with van der Waals surface area (Å²) in [6.45, 7) is 1.05. The maximum Gasteiger partial charge on any atom is 0.323 e. The molecule has 0 bridgehead atoms. The number of carbonyl (C=O) groups excluding carboxylic acids is 1. The normalized spacial score (nSPS) is 16.8. The van der Waals surface area contributed by atoms with E-state index < -0.39 is 5.97 Å². The van der Waals surface area contributed by atoms with Gasteiger partial charge in [-0.3, -0.25) is 9.59 Å². The van der Waals surface area contributed by atoms with Crippen molar-refractivity contribution in [3.63, 3.8) is 0 Å². The van der Waals surface area contributed by atoms with E-state index in [1.807, 2.05) is 43.3 Å². The molecule has 0 aromatic heterocycles. The first kappa shape index (κ1) is 16.3. The molecule has 1 atom stereocenters. The van der Waals surface area contributed by atoms with Crippen LogP contribution in [0.3, 0.4) is 0 Å². The van der Waals surface area contributed by atoms with E-state index in [0.29, 0.717) is 26.1 Å². The Labute approximate surface area is 130 Å². The molecule has 0 spiro atoms. The third-order valence-corrected chi connectivity index (χ3v) is 3.68. The second-order valence-corrected chi connectivity index (χ2v) is 5.78. The van der Waals surface area contributed by atoms with Crippen LogP contribution in [-0.4, -0.2) is 67.1 Å². The van der Waals surface area contributed by atoms with Crippen LogP contribution in [0.25, 0.3) is 0 Å². The average Bonchev–Trinajstić information content (AvgIpc) is 2.49. The van der Waals surface area contributed by atoms with E-state index in [-0.39, 0.29) is 18.4 Å². The first-order valence-corrected chi connectivity index (χ1v) is 7.33. The summed E-state index contributed by atoms with van der Waals surface area (Å²) in [5, 5.41) is 9.02. The molecular weight excluding hydrogens is 284 g/mol. The van der Waals surface area contributed by atoms with Crippen LogP contribution < -0.4 is 4.74 Å². The molecule has 0 fully saturated rings. The molecule has 120 valence electrons. The van der Waals surface area contributed by atoms with Gasteiger partial charge in [-0.15, -0.1) is 0 Å².